The summed E-state index contributed by atoms with van der Waals surface area (Å²) < 4.78 is 0. The number of rotatable bonds is 5. The van der Waals surface area contributed by atoms with Crippen LogP contribution in [0.3, 0.4) is 0 Å². The number of aromatic nitrogens is 5. The molecular formula is C23H18N6OS. The van der Waals surface area contributed by atoms with Crippen LogP contribution < -0.4 is 5.32 Å². The molecule has 5 aromatic heterocycles. The van der Waals surface area contributed by atoms with E-state index in [-0.39, 0.29) is 12.3 Å². The first kappa shape index (κ1) is 19.1. The van der Waals surface area contributed by atoms with Crippen molar-refractivity contribution in [2.24, 2.45) is 0 Å². The number of H-pyrrole nitrogens is 1. The van der Waals surface area contributed by atoms with E-state index < -0.39 is 0 Å². The largest absolute Gasteiger partial charge is 0.353 e. The molecule has 0 unspecified atom stereocenters. The third-order valence-corrected chi connectivity index (χ3v) is 5.62. The molecule has 0 aliphatic rings. The third-order valence-electron chi connectivity index (χ3n) is 4.80. The SMILES string of the molecule is Cc1nc(CC(=O)Nc2cc(-c3[nH]c4cccnc4c3-c3ccccn3)ccn2)cs1. The van der Waals surface area contributed by atoms with Gasteiger partial charge >= 0.3 is 0 Å². The molecule has 0 saturated carbocycles. The summed E-state index contributed by atoms with van der Waals surface area (Å²) >= 11 is 1.53. The Morgan fingerprint density at radius 3 is 2.77 bits per heavy atom. The third kappa shape index (κ3) is 3.93. The molecule has 0 radical (unpaired) electrons. The zero-order valence-electron chi connectivity index (χ0n) is 16.7. The van der Waals surface area contributed by atoms with Crippen LogP contribution in [-0.4, -0.2) is 30.8 Å². The molecular weight excluding hydrogens is 408 g/mol. The van der Waals surface area contributed by atoms with Gasteiger partial charge in [0.2, 0.25) is 5.91 Å². The molecule has 0 aliphatic carbocycles. The minimum atomic E-state index is -0.154. The molecule has 5 rings (SSSR count). The molecule has 5 heterocycles. The first-order valence-electron chi connectivity index (χ1n) is 9.73. The van der Waals surface area contributed by atoms with Gasteiger partial charge < -0.3 is 10.3 Å². The van der Waals surface area contributed by atoms with Crippen molar-refractivity contribution in [2.45, 2.75) is 13.3 Å². The second-order valence-corrected chi connectivity index (χ2v) is 8.06. The summed E-state index contributed by atoms with van der Waals surface area (Å²) in [6.45, 7) is 1.92. The van der Waals surface area contributed by atoms with Gasteiger partial charge in [0, 0.05) is 29.5 Å². The second-order valence-electron chi connectivity index (χ2n) is 7.00. The molecule has 0 aromatic carbocycles. The number of nitrogens with one attached hydrogen (secondary N) is 2. The van der Waals surface area contributed by atoms with E-state index in [0.29, 0.717) is 5.82 Å². The fraction of sp³-hybridized carbons (Fsp3) is 0.0870. The maximum absolute atomic E-state index is 12.5. The molecule has 1 amide bonds. The summed E-state index contributed by atoms with van der Waals surface area (Å²) in [6.07, 6.45) is 5.43. The summed E-state index contributed by atoms with van der Waals surface area (Å²) in [4.78, 5) is 33.6. The Kier molecular flexibility index (Phi) is 4.97. The Labute approximate surface area is 182 Å². The van der Waals surface area contributed by atoms with Gasteiger partial charge in [0.05, 0.1) is 45.1 Å². The van der Waals surface area contributed by atoms with Crippen LogP contribution in [0.25, 0.3) is 33.5 Å². The maximum atomic E-state index is 12.5. The molecule has 31 heavy (non-hydrogen) atoms. The lowest BCUT2D eigenvalue weighted by molar-refractivity contribution is -0.115. The van der Waals surface area contributed by atoms with E-state index in [1.807, 2.05) is 54.8 Å². The maximum Gasteiger partial charge on any atom is 0.231 e. The summed E-state index contributed by atoms with van der Waals surface area (Å²) in [6, 6.07) is 13.4. The van der Waals surface area contributed by atoms with Gasteiger partial charge in [0.15, 0.2) is 0 Å². The molecule has 2 N–H and O–H groups in total. The van der Waals surface area contributed by atoms with Crippen LogP contribution in [0.5, 0.6) is 0 Å². The number of aromatic amines is 1. The van der Waals surface area contributed by atoms with Gasteiger partial charge in [0.1, 0.15) is 5.82 Å². The van der Waals surface area contributed by atoms with Gasteiger partial charge in [-0.15, -0.1) is 11.3 Å². The highest BCUT2D eigenvalue weighted by molar-refractivity contribution is 7.09. The topological polar surface area (TPSA) is 96.5 Å². The number of carbonyl (C=O) groups excluding carboxylic acids is 1. The fourth-order valence-corrected chi connectivity index (χ4v) is 4.11. The lowest BCUT2D eigenvalue weighted by Crippen LogP contribution is -2.15. The Bertz CT molecular complexity index is 1380. The molecule has 0 spiro atoms. The highest BCUT2D eigenvalue weighted by Gasteiger charge is 2.17. The first-order valence-corrected chi connectivity index (χ1v) is 10.6. The van der Waals surface area contributed by atoms with Gasteiger partial charge in [-0.05, 0) is 43.3 Å². The van der Waals surface area contributed by atoms with Crippen molar-refractivity contribution in [3.63, 3.8) is 0 Å². The molecule has 0 aliphatic heterocycles. The van der Waals surface area contributed by atoms with Crippen LogP contribution in [-0.2, 0) is 11.2 Å². The van der Waals surface area contributed by atoms with Crippen LogP contribution in [0.1, 0.15) is 10.7 Å². The minimum absolute atomic E-state index is 0.154. The molecule has 0 saturated heterocycles. The second kappa shape index (κ2) is 8.08. The number of thiazole rings is 1. The van der Waals surface area contributed by atoms with Gasteiger partial charge in [-0.1, -0.05) is 6.07 Å². The Balaban J connectivity index is 1.50. The molecule has 8 heteroatoms. The number of pyridine rings is 3. The van der Waals surface area contributed by atoms with E-state index in [0.717, 1.165) is 44.2 Å². The van der Waals surface area contributed by atoms with E-state index in [1.165, 1.54) is 11.3 Å². The normalized spacial score (nSPS) is 11.0. The van der Waals surface area contributed by atoms with E-state index in [9.17, 15) is 4.79 Å². The van der Waals surface area contributed by atoms with Crippen molar-refractivity contribution < 1.29 is 4.79 Å². The van der Waals surface area contributed by atoms with Crippen LogP contribution in [0.2, 0.25) is 0 Å². The van der Waals surface area contributed by atoms with Crippen LogP contribution >= 0.6 is 11.3 Å². The number of hydrogen-bond donors (Lipinski definition) is 2. The Hall–Kier alpha value is -3.91. The number of fused-ring (bicyclic) bond motifs is 1. The smallest absolute Gasteiger partial charge is 0.231 e. The molecule has 0 bridgehead atoms. The van der Waals surface area contributed by atoms with Crippen molar-refractivity contribution in [2.75, 3.05) is 5.32 Å². The number of amides is 1. The summed E-state index contributed by atoms with van der Waals surface area (Å²) in [5, 5.41) is 5.71. The predicted molar refractivity (Wildman–Crippen MR) is 122 cm³/mol. The lowest BCUT2D eigenvalue weighted by atomic mass is 10.0. The van der Waals surface area contributed by atoms with Crippen LogP contribution in [0.15, 0.2) is 66.4 Å². The first-order chi connectivity index (χ1) is 15.2. The van der Waals surface area contributed by atoms with Crippen LogP contribution in [0, 0.1) is 6.92 Å². The molecule has 0 atom stereocenters. The summed E-state index contributed by atoms with van der Waals surface area (Å²) in [7, 11) is 0. The molecule has 7 nitrogen and oxygen atoms in total. The quantitative estimate of drug-likeness (QED) is 0.427. The van der Waals surface area contributed by atoms with Crippen molar-refractivity contribution in [3.05, 3.63) is 77.1 Å². The number of nitrogens with zero attached hydrogens (tertiary/aromatic N) is 4. The van der Waals surface area contributed by atoms with Crippen molar-refractivity contribution >= 4 is 34.1 Å². The van der Waals surface area contributed by atoms with Crippen LogP contribution in [0.4, 0.5) is 5.82 Å². The summed E-state index contributed by atoms with van der Waals surface area (Å²) in [5.41, 5.74) is 6.02. The Morgan fingerprint density at radius 1 is 1.06 bits per heavy atom. The van der Waals surface area contributed by atoms with Gasteiger partial charge in [-0.25, -0.2) is 9.97 Å². The standard InChI is InChI=1S/C23H18N6OS/c1-14-27-16(13-31-14)12-20(30)29-19-11-15(7-10-25-19)22-21(17-5-2-3-8-24-17)23-18(28-22)6-4-9-26-23/h2-11,13,28H,12H2,1H3,(H,25,29,30). The highest BCUT2D eigenvalue weighted by Crippen LogP contribution is 2.36. The molecule has 152 valence electrons. The minimum Gasteiger partial charge on any atom is -0.353 e. The predicted octanol–water partition coefficient (Wildman–Crippen LogP) is 4.63. The highest BCUT2D eigenvalue weighted by atomic mass is 32.1. The molecule has 0 fully saturated rings. The van der Waals surface area contributed by atoms with Gasteiger partial charge in [0.25, 0.3) is 0 Å². The number of carbonyl (C=O) groups is 1. The fourth-order valence-electron chi connectivity index (χ4n) is 3.49. The number of hydrogen-bond acceptors (Lipinski definition) is 6. The van der Waals surface area contributed by atoms with Crippen molar-refractivity contribution in [3.8, 4) is 22.5 Å². The van der Waals surface area contributed by atoms with E-state index in [2.05, 4.69) is 30.2 Å². The van der Waals surface area contributed by atoms with Gasteiger partial charge in [-0.3, -0.25) is 14.8 Å². The summed E-state index contributed by atoms with van der Waals surface area (Å²) in [5.74, 6) is 0.325. The average molecular weight is 427 g/mol. The van der Waals surface area contributed by atoms with Gasteiger partial charge in [-0.2, -0.15) is 0 Å². The number of aryl methyl sites for hydroxylation is 1. The lowest BCUT2D eigenvalue weighted by Gasteiger charge is -2.07. The van der Waals surface area contributed by atoms with Crippen molar-refractivity contribution in [1.29, 1.82) is 0 Å². The zero-order chi connectivity index (χ0) is 21.2. The van der Waals surface area contributed by atoms with E-state index in [1.54, 1.807) is 18.6 Å². The van der Waals surface area contributed by atoms with E-state index >= 15 is 0 Å². The number of anilines is 1. The molecule has 5 aromatic rings. The average Bonchev–Trinajstić information content (AvgIpc) is 3.37. The zero-order valence-corrected chi connectivity index (χ0v) is 17.5. The Morgan fingerprint density at radius 2 is 1.97 bits per heavy atom. The monoisotopic (exact) mass is 426 g/mol. The van der Waals surface area contributed by atoms with Crippen molar-refractivity contribution in [1.82, 2.24) is 24.9 Å². The van der Waals surface area contributed by atoms with E-state index in [4.69, 9.17) is 0 Å².